The van der Waals surface area contributed by atoms with Crippen LogP contribution in [-0.4, -0.2) is 22.4 Å². The zero-order valence-corrected chi connectivity index (χ0v) is 10.8. The molecule has 0 aliphatic carbocycles. The van der Waals surface area contributed by atoms with Crippen molar-refractivity contribution >= 4 is 17.2 Å². The molecule has 2 rings (SSSR count). The number of aryl methyl sites for hydroxylation is 1. The van der Waals surface area contributed by atoms with Crippen molar-refractivity contribution in [3.63, 3.8) is 0 Å². The van der Waals surface area contributed by atoms with Gasteiger partial charge in [0.1, 0.15) is 5.82 Å². The Hall–Kier alpha value is -1.66. The van der Waals surface area contributed by atoms with E-state index in [1.54, 1.807) is 22.9 Å². The lowest BCUT2D eigenvalue weighted by Crippen LogP contribution is -2.15. The highest BCUT2D eigenvalue weighted by Gasteiger charge is 2.04. The van der Waals surface area contributed by atoms with Crippen molar-refractivity contribution in [1.82, 2.24) is 15.3 Å². The maximum Gasteiger partial charge on any atom is 0.249 e. The quantitative estimate of drug-likeness (QED) is 0.659. The summed E-state index contributed by atoms with van der Waals surface area (Å²) in [4.78, 5) is 19.3. The minimum Gasteiger partial charge on any atom is -0.366 e. The van der Waals surface area contributed by atoms with Gasteiger partial charge < -0.3 is 16.0 Å². The average molecular weight is 264 g/mol. The molecule has 0 spiro atoms. The van der Waals surface area contributed by atoms with Crippen LogP contribution >= 0.6 is 11.3 Å². The van der Waals surface area contributed by atoms with Gasteiger partial charge in [-0.05, 0) is 19.0 Å². The van der Waals surface area contributed by atoms with Crippen LogP contribution in [0.15, 0.2) is 23.8 Å². The Balaban J connectivity index is 1.64. The Labute approximate surface area is 109 Å². The van der Waals surface area contributed by atoms with Crippen LogP contribution in [0.5, 0.6) is 0 Å². The fraction of sp³-hybridized carbons (Fsp3) is 0.333. The third kappa shape index (κ3) is 3.68. The number of carbonyl (C=O) groups excluding carboxylic acids is 1. The number of imidazole rings is 1. The number of nitrogens with zero attached hydrogens (tertiary/aromatic N) is 1. The van der Waals surface area contributed by atoms with Gasteiger partial charge in [-0.3, -0.25) is 4.79 Å². The minimum absolute atomic E-state index is 0.365. The molecule has 2 aromatic heterocycles. The molecule has 5 nitrogen and oxygen atoms in total. The average Bonchev–Trinajstić information content (AvgIpc) is 2.98. The first-order valence-electron chi connectivity index (χ1n) is 5.82. The molecule has 0 aromatic carbocycles. The predicted molar refractivity (Wildman–Crippen MR) is 71.5 cm³/mol. The van der Waals surface area contributed by atoms with Crippen LogP contribution in [0.1, 0.15) is 27.5 Å². The zero-order valence-electron chi connectivity index (χ0n) is 9.98. The fourth-order valence-electron chi connectivity index (χ4n) is 1.63. The van der Waals surface area contributed by atoms with Crippen molar-refractivity contribution in [3.05, 3.63) is 40.1 Å². The molecule has 0 radical (unpaired) electrons. The normalized spacial score (nSPS) is 10.7. The van der Waals surface area contributed by atoms with E-state index in [0.29, 0.717) is 5.56 Å². The van der Waals surface area contributed by atoms with Crippen molar-refractivity contribution in [2.45, 2.75) is 19.4 Å². The molecular formula is C12H16N4OS. The van der Waals surface area contributed by atoms with Crippen molar-refractivity contribution in [2.75, 3.05) is 6.54 Å². The van der Waals surface area contributed by atoms with E-state index in [9.17, 15) is 4.79 Å². The number of amides is 1. The fourth-order valence-corrected chi connectivity index (χ4v) is 2.47. The molecule has 6 heteroatoms. The molecule has 4 N–H and O–H groups in total. The highest BCUT2D eigenvalue weighted by Crippen LogP contribution is 2.13. The Morgan fingerprint density at radius 2 is 2.44 bits per heavy atom. The van der Waals surface area contributed by atoms with Gasteiger partial charge in [-0.1, -0.05) is 0 Å². The number of H-pyrrole nitrogens is 1. The largest absolute Gasteiger partial charge is 0.366 e. The first kappa shape index (κ1) is 12.8. The number of thiophene rings is 1. The molecule has 0 atom stereocenters. The molecule has 0 bridgehead atoms. The summed E-state index contributed by atoms with van der Waals surface area (Å²) < 4.78 is 0. The van der Waals surface area contributed by atoms with E-state index < -0.39 is 0 Å². The molecule has 0 aliphatic rings. The van der Waals surface area contributed by atoms with Crippen LogP contribution in [0.4, 0.5) is 0 Å². The maximum absolute atomic E-state index is 10.9. The van der Waals surface area contributed by atoms with Crippen LogP contribution in [0.2, 0.25) is 0 Å². The number of hydrogen-bond acceptors (Lipinski definition) is 4. The topological polar surface area (TPSA) is 83.8 Å². The van der Waals surface area contributed by atoms with E-state index in [-0.39, 0.29) is 5.91 Å². The number of nitrogens with two attached hydrogens (primary N) is 1. The second-order valence-corrected chi connectivity index (χ2v) is 4.98. The maximum atomic E-state index is 10.9. The molecule has 2 aromatic rings. The first-order valence-corrected chi connectivity index (χ1v) is 6.70. The van der Waals surface area contributed by atoms with Gasteiger partial charge in [-0.2, -0.15) is 0 Å². The second-order valence-electron chi connectivity index (χ2n) is 3.98. The summed E-state index contributed by atoms with van der Waals surface area (Å²) in [5.41, 5.74) is 5.78. The first-order chi connectivity index (χ1) is 8.75. The van der Waals surface area contributed by atoms with E-state index in [0.717, 1.165) is 36.6 Å². The number of primary amides is 1. The minimum atomic E-state index is -0.365. The molecule has 2 heterocycles. The van der Waals surface area contributed by atoms with Gasteiger partial charge in [0.25, 0.3) is 0 Å². The Kier molecular flexibility index (Phi) is 4.49. The lowest BCUT2D eigenvalue weighted by Gasteiger charge is -2.01. The monoisotopic (exact) mass is 264 g/mol. The van der Waals surface area contributed by atoms with E-state index in [2.05, 4.69) is 15.3 Å². The molecule has 1 amide bonds. The van der Waals surface area contributed by atoms with Crippen molar-refractivity contribution in [1.29, 1.82) is 0 Å². The smallest absolute Gasteiger partial charge is 0.249 e. The molecule has 0 unspecified atom stereocenters. The van der Waals surface area contributed by atoms with E-state index in [1.165, 1.54) is 0 Å². The van der Waals surface area contributed by atoms with Gasteiger partial charge >= 0.3 is 0 Å². The van der Waals surface area contributed by atoms with Crippen LogP contribution in [-0.2, 0) is 13.0 Å². The highest BCUT2D eigenvalue weighted by atomic mass is 32.1. The number of nitrogens with one attached hydrogen (secondary N) is 2. The lowest BCUT2D eigenvalue weighted by molar-refractivity contribution is 0.100. The predicted octanol–water partition coefficient (Wildman–Crippen LogP) is 1.29. The summed E-state index contributed by atoms with van der Waals surface area (Å²) in [5.74, 6) is 0.652. The van der Waals surface area contributed by atoms with E-state index in [1.807, 2.05) is 12.3 Å². The molecule has 18 heavy (non-hydrogen) atoms. The van der Waals surface area contributed by atoms with Crippen LogP contribution in [0.3, 0.4) is 0 Å². The number of hydrogen-bond donors (Lipinski definition) is 3. The number of aromatic amines is 1. The van der Waals surface area contributed by atoms with E-state index in [4.69, 9.17) is 5.73 Å². The van der Waals surface area contributed by atoms with Gasteiger partial charge in [0, 0.05) is 35.6 Å². The molecule has 0 fully saturated rings. The summed E-state index contributed by atoms with van der Waals surface area (Å²) in [6.45, 7) is 1.70. The molecule has 0 aliphatic heterocycles. The van der Waals surface area contributed by atoms with E-state index >= 15 is 0 Å². The Morgan fingerprint density at radius 1 is 1.56 bits per heavy atom. The second kappa shape index (κ2) is 6.32. The van der Waals surface area contributed by atoms with Crippen molar-refractivity contribution < 1.29 is 4.79 Å². The van der Waals surface area contributed by atoms with Gasteiger partial charge in [0.05, 0.1) is 5.56 Å². The van der Waals surface area contributed by atoms with Gasteiger partial charge in [-0.25, -0.2) is 4.98 Å². The number of rotatable bonds is 7. The SMILES string of the molecule is NC(=O)c1csc(CNCCCc2ncc[nH]2)c1. The number of carbonyl (C=O) groups is 1. The number of aromatic nitrogens is 2. The third-order valence-corrected chi connectivity index (χ3v) is 3.50. The van der Waals surface area contributed by atoms with Gasteiger partial charge in [-0.15, -0.1) is 11.3 Å². The molecular weight excluding hydrogens is 248 g/mol. The zero-order chi connectivity index (χ0) is 12.8. The Morgan fingerprint density at radius 3 is 3.11 bits per heavy atom. The Bertz CT molecular complexity index is 492. The van der Waals surface area contributed by atoms with Crippen molar-refractivity contribution in [3.8, 4) is 0 Å². The standard InChI is InChI=1S/C12H16N4OS/c13-12(17)9-6-10(18-8-9)7-14-3-1-2-11-15-4-5-16-11/h4-6,8,14H,1-3,7H2,(H2,13,17)(H,15,16). The van der Waals surface area contributed by atoms with Crippen LogP contribution in [0.25, 0.3) is 0 Å². The summed E-state index contributed by atoms with van der Waals surface area (Å²) in [5, 5.41) is 5.13. The summed E-state index contributed by atoms with van der Waals surface area (Å²) in [6, 6.07) is 1.84. The van der Waals surface area contributed by atoms with Crippen LogP contribution < -0.4 is 11.1 Å². The molecule has 96 valence electrons. The molecule has 0 saturated heterocycles. The van der Waals surface area contributed by atoms with Gasteiger partial charge in [0.15, 0.2) is 0 Å². The highest BCUT2D eigenvalue weighted by molar-refractivity contribution is 7.10. The van der Waals surface area contributed by atoms with Gasteiger partial charge in [0.2, 0.25) is 5.91 Å². The summed E-state index contributed by atoms with van der Waals surface area (Å²) >= 11 is 1.55. The molecule has 0 saturated carbocycles. The summed E-state index contributed by atoms with van der Waals surface area (Å²) in [7, 11) is 0. The lowest BCUT2D eigenvalue weighted by atomic mass is 10.3. The van der Waals surface area contributed by atoms with Crippen molar-refractivity contribution in [2.24, 2.45) is 5.73 Å². The van der Waals surface area contributed by atoms with Crippen LogP contribution in [0, 0.1) is 0 Å². The summed E-state index contributed by atoms with van der Waals surface area (Å²) in [6.07, 6.45) is 5.57. The third-order valence-electron chi connectivity index (χ3n) is 2.56.